The van der Waals surface area contributed by atoms with Crippen molar-refractivity contribution in [1.29, 1.82) is 0 Å². The van der Waals surface area contributed by atoms with Crippen LogP contribution in [0.25, 0.3) is 0 Å². The second kappa shape index (κ2) is 9.46. The second-order valence-corrected chi connectivity index (χ2v) is 7.33. The number of hydrogen-bond acceptors (Lipinski definition) is 6. The summed E-state index contributed by atoms with van der Waals surface area (Å²) in [7, 11) is 2.66. The van der Waals surface area contributed by atoms with E-state index in [1.54, 1.807) is 9.80 Å². The number of piperazine rings is 1. The van der Waals surface area contributed by atoms with Crippen LogP contribution in [0.4, 0.5) is 10.5 Å². The highest BCUT2D eigenvalue weighted by Crippen LogP contribution is 2.23. The summed E-state index contributed by atoms with van der Waals surface area (Å²) in [5, 5.41) is 2.75. The van der Waals surface area contributed by atoms with Gasteiger partial charge in [-0.25, -0.2) is 14.6 Å². The number of rotatable bonds is 4. The lowest BCUT2D eigenvalue weighted by Gasteiger charge is -2.34. The number of benzene rings is 1. The number of carbonyl (C=O) groups excluding carboxylic acids is 3. The van der Waals surface area contributed by atoms with Crippen molar-refractivity contribution in [2.75, 3.05) is 45.7 Å². The molecule has 0 radical (unpaired) electrons. The number of aryl methyl sites for hydroxylation is 2. The van der Waals surface area contributed by atoms with Crippen LogP contribution in [-0.2, 0) is 4.74 Å². The summed E-state index contributed by atoms with van der Waals surface area (Å²) in [6, 6.07) is 8.45. The van der Waals surface area contributed by atoms with Gasteiger partial charge in [-0.05, 0) is 38.1 Å². The number of pyridine rings is 1. The molecule has 1 saturated heterocycles. The van der Waals surface area contributed by atoms with Crippen LogP contribution >= 0.6 is 0 Å². The Hall–Kier alpha value is -3.62. The molecule has 0 aliphatic carbocycles. The lowest BCUT2D eigenvalue weighted by atomic mass is 10.1. The topological polar surface area (TPSA) is 101 Å². The van der Waals surface area contributed by atoms with Gasteiger partial charge in [0.05, 0.1) is 14.2 Å². The number of anilines is 1. The summed E-state index contributed by atoms with van der Waals surface area (Å²) in [5.41, 5.74) is 3.17. The smallest absolute Gasteiger partial charge is 0.356 e. The first kappa shape index (κ1) is 22.1. The van der Waals surface area contributed by atoms with E-state index in [4.69, 9.17) is 4.74 Å². The highest BCUT2D eigenvalue weighted by Gasteiger charge is 2.26. The molecule has 3 amide bonds. The molecule has 1 aromatic carbocycles. The molecule has 0 unspecified atom stereocenters. The largest absolute Gasteiger partial charge is 0.479 e. The van der Waals surface area contributed by atoms with Crippen molar-refractivity contribution >= 4 is 23.6 Å². The van der Waals surface area contributed by atoms with Crippen LogP contribution in [0.15, 0.2) is 30.3 Å². The van der Waals surface area contributed by atoms with Gasteiger partial charge < -0.3 is 24.6 Å². The third-order valence-corrected chi connectivity index (χ3v) is 5.01. The summed E-state index contributed by atoms with van der Waals surface area (Å²) >= 11 is 0. The van der Waals surface area contributed by atoms with Crippen LogP contribution in [0.1, 0.15) is 32.0 Å². The van der Waals surface area contributed by atoms with Gasteiger partial charge in [0.15, 0.2) is 5.69 Å². The zero-order valence-corrected chi connectivity index (χ0v) is 18.1. The molecule has 1 N–H and O–H groups in total. The number of urea groups is 1. The van der Waals surface area contributed by atoms with Crippen LogP contribution in [0.3, 0.4) is 0 Å². The van der Waals surface area contributed by atoms with Gasteiger partial charge in [0, 0.05) is 31.7 Å². The van der Waals surface area contributed by atoms with Gasteiger partial charge in [0.2, 0.25) is 5.88 Å². The van der Waals surface area contributed by atoms with Gasteiger partial charge in [-0.15, -0.1) is 0 Å². The minimum Gasteiger partial charge on any atom is -0.479 e. The van der Waals surface area contributed by atoms with Gasteiger partial charge in [-0.2, -0.15) is 0 Å². The van der Waals surface area contributed by atoms with Gasteiger partial charge >= 0.3 is 12.0 Å². The summed E-state index contributed by atoms with van der Waals surface area (Å²) < 4.78 is 9.82. The standard InChI is InChI=1S/C22H26N4O5/c1-14-11-15(2)13-16(12-14)20(27)25-7-9-26(10-8-25)22(29)24-17-5-6-18(21(28)31-4)23-19(17)30-3/h5-6,11-13H,7-10H2,1-4H3,(H,24,29). The van der Waals surface area contributed by atoms with Crippen LogP contribution in [0.5, 0.6) is 5.88 Å². The molecule has 1 aliphatic heterocycles. The molecule has 1 aliphatic rings. The van der Waals surface area contributed by atoms with E-state index in [2.05, 4.69) is 15.0 Å². The van der Waals surface area contributed by atoms with Crippen molar-refractivity contribution in [3.63, 3.8) is 0 Å². The fourth-order valence-corrected chi connectivity index (χ4v) is 3.50. The van der Waals surface area contributed by atoms with E-state index in [0.29, 0.717) is 37.4 Å². The first-order valence-electron chi connectivity index (χ1n) is 9.89. The number of nitrogens with zero attached hydrogens (tertiary/aromatic N) is 3. The van der Waals surface area contributed by atoms with Crippen molar-refractivity contribution < 1.29 is 23.9 Å². The monoisotopic (exact) mass is 426 g/mol. The number of esters is 1. The maximum Gasteiger partial charge on any atom is 0.356 e. The van der Waals surface area contributed by atoms with Crippen molar-refractivity contribution in [3.8, 4) is 5.88 Å². The molecular weight excluding hydrogens is 400 g/mol. The molecule has 9 heteroatoms. The highest BCUT2D eigenvalue weighted by molar-refractivity contribution is 5.95. The molecule has 0 bridgehead atoms. The Morgan fingerprint density at radius 2 is 1.55 bits per heavy atom. The highest BCUT2D eigenvalue weighted by atomic mass is 16.5. The fraction of sp³-hybridized carbons (Fsp3) is 0.364. The normalized spacial score (nSPS) is 13.5. The number of hydrogen-bond donors (Lipinski definition) is 1. The van der Waals surface area contributed by atoms with Crippen molar-refractivity contribution in [1.82, 2.24) is 14.8 Å². The average molecular weight is 426 g/mol. The zero-order valence-electron chi connectivity index (χ0n) is 18.1. The number of amides is 3. The molecule has 1 fully saturated rings. The molecule has 164 valence electrons. The summed E-state index contributed by atoms with van der Waals surface area (Å²) in [5.74, 6) is -0.517. The Bertz CT molecular complexity index is 979. The molecule has 3 rings (SSSR count). The predicted octanol–water partition coefficient (Wildman–Crippen LogP) is 2.48. The van der Waals surface area contributed by atoms with Gasteiger partial charge in [0.25, 0.3) is 5.91 Å². The number of carbonyl (C=O) groups is 3. The van der Waals surface area contributed by atoms with E-state index < -0.39 is 5.97 Å². The van der Waals surface area contributed by atoms with Gasteiger partial charge in [0.1, 0.15) is 5.69 Å². The molecule has 31 heavy (non-hydrogen) atoms. The lowest BCUT2D eigenvalue weighted by Crippen LogP contribution is -2.51. The van der Waals surface area contributed by atoms with Crippen molar-refractivity contribution in [3.05, 3.63) is 52.7 Å². The van der Waals surface area contributed by atoms with Crippen molar-refractivity contribution in [2.24, 2.45) is 0 Å². The first-order chi connectivity index (χ1) is 14.8. The van der Waals surface area contributed by atoms with Crippen LogP contribution in [0.2, 0.25) is 0 Å². The molecule has 2 heterocycles. The lowest BCUT2D eigenvalue weighted by molar-refractivity contribution is 0.0592. The number of ether oxygens (including phenoxy) is 2. The fourth-order valence-electron chi connectivity index (χ4n) is 3.50. The molecular formula is C22H26N4O5. The minimum absolute atomic E-state index is 0.0314. The minimum atomic E-state index is -0.597. The van der Waals surface area contributed by atoms with E-state index in [1.165, 1.54) is 26.4 Å². The number of aromatic nitrogens is 1. The third kappa shape index (κ3) is 5.11. The van der Waals surface area contributed by atoms with E-state index in [-0.39, 0.29) is 23.5 Å². The number of nitrogens with one attached hydrogen (secondary N) is 1. The number of methoxy groups -OCH3 is 2. The third-order valence-electron chi connectivity index (χ3n) is 5.01. The summed E-state index contributed by atoms with van der Waals surface area (Å²) in [4.78, 5) is 44.6. The molecule has 2 aromatic rings. The zero-order chi connectivity index (χ0) is 22.5. The maximum absolute atomic E-state index is 12.8. The SMILES string of the molecule is COC(=O)c1ccc(NC(=O)N2CCN(C(=O)c3cc(C)cc(C)c3)CC2)c(OC)n1. The quantitative estimate of drug-likeness (QED) is 0.754. The van der Waals surface area contributed by atoms with E-state index >= 15 is 0 Å². The van der Waals surface area contributed by atoms with Crippen LogP contribution in [-0.4, -0.2) is 73.1 Å². The second-order valence-electron chi connectivity index (χ2n) is 7.33. The summed E-state index contributed by atoms with van der Waals surface area (Å²) in [6.07, 6.45) is 0. The van der Waals surface area contributed by atoms with Gasteiger partial charge in [-0.3, -0.25) is 4.79 Å². The Morgan fingerprint density at radius 1 is 0.935 bits per heavy atom. The molecule has 0 saturated carbocycles. The Morgan fingerprint density at radius 3 is 2.13 bits per heavy atom. The predicted molar refractivity (Wildman–Crippen MR) is 115 cm³/mol. The first-order valence-corrected chi connectivity index (χ1v) is 9.89. The molecule has 0 spiro atoms. The maximum atomic E-state index is 12.8. The van der Waals surface area contributed by atoms with Gasteiger partial charge in [-0.1, -0.05) is 17.2 Å². The summed E-state index contributed by atoms with van der Waals surface area (Å²) in [6.45, 7) is 5.61. The molecule has 0 atom stereocenters. The average Bonchev–Trinajstić information content (AvgIpc) is 2.77. The Kier molecular flexibility index (Phi) is 6.74. The van der Waals surface area contributed by atoms with E-state index in [9.17, 15) is 14.4 Å². The molecule has 1 aromatic heterocycles. The van der Waals surface area contributed by atoms with Crippen LogP contribution < -0.4 is 10.1 Å². The van der Waals surface area contributed by atoms with Crippen LogP contribution in [0, 0.1) is 13.8 Å². The molecule has 9 nitrogen and oxygen atoms in total. The Balaban J connectivity index is 1.61. The van der Waals surface area contributed by atoms with Crippen molar-refractivity contribution in [2.45, 2.75) is 13.8 Å². The van der Waals surface area contributed by atoms with E-state index in [1.807, 2.05) is 32.0 Å². The Labute approximate surface area is 180 Å². The van der Waals surface area contributed by atoms with E-state index in [0.717, 1.165) is 11.1 Å².